The Bertz CT molecular complexity index is 1410. The molecular weight excluding hydrogens is 566 g/mol. The van der Waals surface area contributed by atoms with Gasteiger partial charge in [-0.15, -0.1) is 0 Å². The molecule has 3 N–H and O–H groups in total. The van der Waals surface area contributed by atoms with Crippen molar-refractivity contribution in [1.29, 1.82) is 0 Å². The summed E-state index contributed by atoms with van der Waals surface area (Å²) in [5.41, 5.74) is 3.73. The number of hydrogen-bond donors (Lipinski definition) is 3. The van der Waals surface area contributed by atoms with E-state index < -0.39 is 10.0 Å². The fourth-order valence-electron chi connectivity index (χ4n) is 3.47. The molecule has 38 heavy (non-hydrogen) atoms. The van der Waals surface area contributed by atoms with Crippen LogP contribution in [0, 0.1) is 0 Å². The first-order valence-corrected chi connectivity index (χ1v) is 15.3. The highest BCUT2D eigenvalue weighted by molar-refractivity contribution is 9.10. The van der Waals surface area contributed by atoms with Crippen molar-refractivity contribution in [1.82, 2.24) is 19.3 Å². The summed E-state index contributed by atoms with van der Waals surface area (Å²) in [6.07, 6.45) is 3.50. The summed E-state index contributed by atoms with van der Waals surface area (Å²) in [6.45, 7) is 10.8. The molecule has 0 aliphatic carbocycles. The van der Waals surface area contributed by atoms with Crippen molar-refractivity contribution >= 4 is 37.4 Å². The van der Waals surface area contributed by atoms with Crippen LogP contribution in [0.15, 0.2) is 65.3 Å². The molecule has 0 unspecified atom stereocenters. The van der Waals surface area contributed by atoms with E-state index in [-0.39, 0.29) is 18.0 Å². The van der Waals surface area contributed by atoms with E-state index in [4.69, 9.17) is 0 Å². The molecule has 8 nitrogen and oxygen atoms in total. The highest BCUT2D eigenvalue weighted by Crippen LogP contribution is 2.31. The second-order valence-corrected chi connectivity index (χ2v) is 11.1. The number of benzene rings is 2. The van der Waals surface area contributed by atoms with Crippen LogP contribution in [0.4, 0.5) is 5.82 Å². The van der Waals surface area contributed by atoms with Crippen LogP contribution in [0.25, 0.3) is 16.9 Å². The molecule has 2 aromatic carbocycles. The molecule has 4 rings (SSSR count). The van der Waals surface area contributed by atoms with Crippen LogP contribution in [0.2, 0.25) is 0 Å². The topological polar surface area (TPSA) is 109 Å². The summed E-state index contributed by atoms with van der Waals surface area (Å²) in [5, 5.41) is 18.1. The largest absolute Gasteiger partial charge is 0.507 e. The number of para-hydroxylation sites is 1. The van der Waals surface area contributed by atoms with Crippen molar-refractivity contribution in [2.24, 2.45) is 0 Å². The van der Waals surface area contributed by atoms with Crippen LogP contribution < -0.4 is 10.0 Å². The minimum atomic E-state index is -3.26. The molecule has 0 saturated heterocycles. The third-order valence-corrected chi connectivity index (χ3v) is 7.13. The zero-order valence-electron chi connectivity index (χ0n) is 22.7. The van der Waals surface area contributed by atoms with E-state index in [0.29, 0.717) is 35.7 Å². The normalized spacial score (nSPS) is 10.8. The predicted octanol–water partition coefficient (Wildman–Crippen LogP) is 6.75. The molecule has 0 aliphatic rings. The lowest BCUT2D eigenvalue weighted by Gasteiger charge is -2.12. The molecular formula is C28H38BrN5O3S. The minimum absolute atomic E-state index is 0.116. The summed E-state index contributed by atoms with van der Waals surface area (Å²) in [5.74, 6) is 0.970. The predicted molar refractivity (Wildman–Crippen MR) is 160 cm³/mol. The number of nitrogens with zero attached hydrogens (tertiary/aromatic N) is 3. The van der Waals surface area contributed by atoms with Gasteiger partial charge in [0.1, 0.15) is 11.6 Å². The highest BCUT2D eigenvalue weighted by atomic mass is 79.9. The number of anilines is 1. The summed E-state index contributed by atoms with van der Waals surface area (Å²) >= 11 is 3.48. The number of phenols is 1. The number of fused-ring (bicyclic) bond motifs is 1. The Morgan fingerprint density at radius 2 is 1.63 bits per heavy atom. The lowest BCUT2D eigenvalue weighted by molar-refractivity contribution is 0.477. The van der Waals surface area contributed by atoms with Crippen LogP contribution in [-0.4, -0.2) is 33.9 Å². The number of phenolic OH excluding ortho intramolecular Hbond substituents is 1. The number of hydrogen-bond acceptors (Lipinski definition) is 6. The molecule has 10 heteroatoms. The summed E-state index contributed by atoms with van der Waals surface area (Å²) < 4.78 is 28.9. The van der Waals surface area contributed by atoms with Gasteiger partial charge in [0.15, 0.2) is 5.65 Å². The van der Waals surface area contributed by atoms with Gasteiger partial charge >= 0.3 is 0 Å². The van der Waals surface area contributed by atoms with E-state index in [1.54, 1.807) is 22.8 Å². The molecule has 2 heterocycles. The van der Waals surface area contributed by atoms with E-state index in [9.17, 15) is 13.5 Å². The molecule has 0 aliphatic heterocycles. The minimum Gasteiger partial charge on any atom is -0.507 e. The maximum atomic E-state index is 11.9. The van der Waals surface area contributed by atoms with Gasteiger partial charge in [-0.3, -0.25) is 0 Å². The molecule has 2 aromatic heterocycles. The van der Waals surface area contributed by atoms with E-state index in [0.717, 1.165) is 15.6 Å². The van der Waals surface area contributed by atoms with Crippen molar-refractivity contribution in [3.8, 4) is 17.0 Å². The van der Waals surface area contributed by atoms with Crippen LogP contribution >= 0.6 is 15.9 Å². The number of aromatic hydroxyl groups is 1. The molecule has 0 fully saturated rings. The average molecular weight is 605 g/mol. The van der Waals surface area contributed by atoms with Gasteiger partial charge in [0.2, 0.25) is 10.0 Å². The highest BCUT2D eigenvalue weighted by Gasteiger charge is 2.14. The van der Waals surface area contributed by atoms with Gasteiger partial charge in [-0.1, -0.05) is 77.4 Å². The van der Waals surface area contributed by atoms with Crippen molar-refractivity contribution in [3.05, 3.63) is 76.4 Å². The molecule has 0 amide bonds. The van der Waals surface area contributed by atoms with Gasteiger partial charge in [0.25, 0.3) is 0 Å². The Labute approximate surface area is 234 Å². The first kappa shape index (κ1) is 31.3. The Morgan fingerprint density at radius 1 is 0.974 bits per heavy atom. The maximum Gasteiger partial charge on any atom is 0.211 e. The first-order chi connectivity index (χ1) is 18.3. The second-order valence-electron chi connectivity index (χ2n) is 8.29. The van der Waals surface area contributed by atoms with Gasteiger partial charge in [-0.05, 0) is 45.6 Å². The van der Waals surface area contributed by atoms with Crippen LogP contribution in [0.5, 0.6) is 5.75 Å². The third-order valence-electron chi connectivity index (χ3n) is 5.04. The van der Waals surface area contributed by atoms with Crippen LogP contribution in [0.1, 0.15) is 58.6 Å². The summed E-state index contributed by atoms with van der Waals surface area (Å²) in [4.78, 5) is 4.65. The molecule has 4 aromatic rings. The zero-order valence-corrected chi connectivity index (χ0v) is 25.1. The molecule has 0 spiro atoms. The lowest BCUT2D eigenvalue weighted by Crippen LogP contribution is -2.25. The van der Waals surface area contributed by atoms with E-state index in [2.05, 4.69) is 49.9 Å². The van der Waals surface area contributed by atoms with Crippen molar-refractivity contribution in [2.75, 3.05) is 11.1 Å². The molecule has 0 radical (unpaired) electrons. The smallest absolute Gasteiger partial charge is 0.211 e. The monoisotopic (exact) mass is 603 g/mol. The number of sulfonamides is 1. The van der Waals surface area contributed by atoms with Gasteiger partial charge in [0, 0.05) is 24.7 Å². The molecule has 0 bridgehead atoms. The molecule has 0 atom stereocenters. The Kier molecular flexibility index (Phi) is 12.7. The van der Waals surface area contributed by atoms with Gasteiger partial charge in [-0.25, -0.2) is 18.1 Å². The number of aromatic nitrogens is 3. The third kappa shape index (κ3) is 8.82. The maximum absolute atomic E-state index is 11.9. The number of rotatable bonds is 9. The van der Waals surface area contributed by atoms with E-state index in [1.807, 2.05) is 63.2 Å². The summed E-state index contributed by atoms with van der Waals surface area (Å²) in [6, 6.07) is 16.6. The lowest BCUT2D eigenvalue weighted by atomic mass is 10.1. The quantitative estimate of drug-likeness (QED) is 0.195. The van der Waals surface area contributed by atoms with Crippen molar-refractivity contribution in [3.63, 3.8) is 0 Å². The Morgan fingerprint density at radius 3 is 2.29 bits per heavy atom. The van der Waals surface area contributed by atoms with Crippen molar-refractivity contribution in [2.45, 2.75) is 60.5 Å². The summed E-state index contributed by atoms with van der Waals surface area (Å²) in [7, 11) is -3.26. The standard InChI is InChI=1S/C23H24BrN5O3S.C3H8.C2H6/c1-2-10-33(31,32)27-14-17-7-5-6-16(11-17)13-25-22-12-20(18-8-3-4-9-21(18)30)28-23-19(24)15-26-29(22)23;1-3-2;1-2/h3-9,11-12,15,25,27,30H,2,10,13-14H2,1H3;3H2,1-2H3;1-2H3. The second kappa shape index (κ2) is 15.5. The number of nitrogens with one attached hydrogen (secondary N) is 2. The SMILES string of the molecule is CC.CCC.CCCS(=O)(=O)NCc1cccc(CNc2cc(-c3ccccc3O)nc3c(Br)cnn23)c1. The average Bonchev–Trinajstić information content (AvgIpc) is 3.29. The van der Waals surface area contributed by atoms with E-state index >= 15 is 0 Å². The fourth-order valence-corrected chi connectivity index (χ4v) is 4.88. The molecule has 0 saturated carbocycles. The van der Waals surface area contributed by atoms with Crippen LogP contribution in [0.3, 0.4) is 0 Å². The fraction of sp³-hybridized carbons (Fsp3) is 0.357. The Balaban J connectivity index is 0.000000947. The Hall–Kier alpha value is -2.95. The van der Waals surface area contributed by atoms with Crippen LogP contribution in [-0.2, 0) is 23.1 Å². The first-order valence-electron chi connectivity index (χ1n) is 12.9. The van der Waals surface area contributed by atoms with E-state index in [1.165, 1.54) is 6.42 Å². The molecule has 206 valence electrons. The van der Waals surface area contributed by atoms with Gasteiger partial charge in [0.05, 0.1) is 22.1 Å². The zero-order chi connectivity index (χ0) is 28.1. The van der Waals surface area contributed by atoms with Gasteiger partial charge in [-0.2, -0.15) is 9.61 Å². The number of halogens is 1. The van der Waals surface area contributed by atoms with Gasteiger partial charge < -0.3 is 10.4 Å². The van der Waals surface area contributed by atoms with Crippen molar-refractivity contribution < 1.29 is 13.5 Å².